The molecule has 0 aliphatic heterocycles. The molecule has 3 nitrogen and oxygen atoms in total. The first-order valence-corrected chi connectivity index (χ1v) is 7.02. The van der Waals surface area contributed by atoms with E-state index in [1.165, 1.54) is 19.1 Å². The molecule has 1 aromatic heterocycles. The Morgan fingerprint density at radius 1 is 1.38 bits per heavy atom. The van der Waals surface area contributed by atoms with Gasteiger partial charge in [-0.1, -0.05) is 30.7 Å². The van der Waals surface area contributed by atoms with E-state index in [0.717, 1.165) is 6.07 Å². The van der Waals surface area contributed by atoms with Crippen LogP contribution in [0.5, 0.6) is 0 Å². The molecule has 0 spiro atoms. The van der Waals surface area contributed by atoms with Gasteiger partial charge in [-0.3, -0.25) is 4.68 Å². The van der Waals surface area contributed by atoms with E-state index in [2.05, 4.69) is 5.10 Å². The maximum absolute atomic E-state index is 13.9. The molecule has 2 rings (SSSR count). The monoisotopic (exact) mass is 314 g/mol. The number of aliphatic hydroxyl groups is 1. The molecule has 0 radical (unpaired) electrons. The molecule has 2 aromatic rings. The van der Waals surface area contributed by atoms with Crippen LogP contribution in [-0.2, 0) is 25.5 Å². The Morgan fingerprint density at radius 3 is 2.62 bits per heavy atom. The van der Waals surface area contributed by atoms with Crippen LogP contribution in [0.3, 0.4) is 0 Å². The minimum Gasteiger partial charge on any atom is -0.385 e. The quantitative estimate of drug-likeness (QED) is 0.939. The summed E-state index contributed by atoms with van der Waals surface area (Å²) in [5.74, 6) is -2.03. The average molecular weight is 315 g/mol. The number of benzene rings is 1. The third-order valence-electron chi connectivity index (χ3n) is 3.55. The van der Waals surface area contributed by atoms with Gasteiger partial charge in [-0.2, -0.15) is 5.10 Å². The number of hydrogen-bond acceptors (Lipinski definition) is 2. The molecule has 0 saturated carbocycles. The van der Waals surface area contributed by atoms with E-state index >= 15 is 0 Å². The second-order valence-corrected chi connectivity index (χ2v) is 5.61. The van der Waals surface area contributed by atoms with Crippen LogP contribution in [0.1, 0.15) is 30.8 Å². The summed E-state index contributed by atoms with van der Waals surface area (Å²) in [6.45, 7) is 3.35. The summed E-state index contributed by atoms with van der Waals surface area (Å²) in [4.78, 5) is 0. The van der Waals surface area contributed by atoms with E-state index in [1.807, 2.05) is 6.92 Å². The summed E-state index contributed by atoms with van der Waals surface area (Å²) in [6.07, 6.45) is 0.693. The summed E-state index contributed by atoms with van der Waals surface area (Å²) < 4.78 is 28.8. The standard InChI is InChI=1S/C15H17ClF2N2O/c1-4-11-13(16)12(20(3)19-11)8-15(2,21)9-6-5-7-10(17)14(9)18/h5-7,21H,4,8H2,1-3H3. The van der Waals surface area contributed by atoms with Gasteiger partial charge in [0.1, 0.15) is 0 Å². The SMILES string of the molecule is CCc1nn(C)c(CC(C)(O)c2cccc(F)c2F)c1Cl. The van der Waals surface area contributed by atoms with Gasteiger partial charge in [-0.25, -0.2) is 8.78 Å². The van der Waals surface area contributed by atoms with Crippen molar-refractivity contribution < 1.29 is 13.9 Å². The van der Waals surface area contributed by atoms with Gasteiger partial charge in [0.25, 0.3) is 0 Å². The van der Waals surface area contributed by atoms with E-state index in [0.29, 0.717) is 22.8 Å². The van der Waals surface area contributed by atoms with Crippen LogP contribution < -0.4 is 0 Å². The Hall–Kier alpha value is -1.46. The highest BCUT2D eigenvalue weighted by atomic mass is 35.5. The average Bonchev–Trinajstić information content (AvgIpc) is 2.68. The molecule has 6 heteroatoms. The van der Waals surface area contributed by atoms with Gasteiger partial charge in [0, 0.05) is 19.0 Å². The summed E-state index contributed by atoms with van der Waals surface area (Å²) in [5, 5.41) is 15.3. The van der Waals surface area contributed by atoms with E-state index in [1.54, 1.807) is 11.7 Å². The highest BCUT2D eigenvalue weighted by molar-refractivity contribution is 6.31. The van der Waals surface area contributed by atoms with Crippen molar-refractivity contribution in [2.45, 2.75) is 32.3 Å². The highest BCUT2D eigenvalue weighted by Crippen LogP contribution is 2.32. The fourth-order valence-corrected chi connectivity index (χ4v) is 2.71. The molecule has 114 valence electrons. The summed E-state index contributed by atoms with van der Waals surface area (Å²) >= 11 is 6.23. The molecular weight excluding hydrogens is 298 g/mol. The topological polar surface area (TPSA) is 38.0 Å². The van der Waals surface area contributed by atoms with E-state index in [-0.39, 0.29) is 12.0 Å². The molecule has 1 heterocycles. The van der Waals surface area contributed by atoms with Crippen LogP contribution in [0.2, 0.25) is 5.02 Å². The maximum atomic E-state index is 13.9. The molecule has 0 fully saturated rings. The molecule has 0 amide bonds. The van der Waals surface area contributed by atoms with Crippen LogP contribution >= 0.6 is 11.6 Å². The molecule has 0 bridgehead atoms. The smallest absolute Gasteiger partial charge is 0.164 e. The number of hydrogen-bond donors (Lipinski definition) is 1. The van der Waals surface area contributed by atoms with Crippen LogP contribution in [0.25, 0.3) is 0 Å². The maximum Gasteiger partial charge on any atom is 0.164 e. The first-order chi connectivity index (χ1) is 9.77. The largest absolute Gasteiger partial charge is 0.385 e. The van der Waals surface area contributed by atoms with Gasteiger partial charge in [-0.15, -0.1) is 0 Å². The molecule has 0 aliphatic carbocycles. The lowest BCUT2D eigenvalue weighted by atomic mass is 9.90. The summed E-state index contributed by atoms with van der Waals surface area (Å²) in [7, 11) is 1.71. The van der Waals surface area contributed by atoms with Crippen molar-refractivity contribution in [1.82, 2.24) is 9.78 Å². The molecular formula is C15H17ClF2N2O. The second-order valence-electron chi connectivity index (χ2n) is 5.24. The van der Waals surface area contributed by atoms with Crippen LogP contribution in [0.4, 0.5) is 8.78 Å². The van der Waals surface area contributed by atoms with Gasteiger partial charge in [0.2, 0.25) is 0 Å². The third kappa shape index (κ3) is 2.94. The van der Waals surface area contributed by atoms with Crippen LogP contribution in [-0.4, -0.2) is 14.9 Å². The Bertz CT molecular complexity index is 668. The zero-order valence-electron chi connectivity index (χ0n) is 12.1. The Labute approximate surface area is 127 Å². The zero-order chi connectivity index (χ0) is 15.8. The zero-order valence-corrected chi connectivity index (χ0v) is 12.9. The summed E-state index contributed by atoms with van der Waals surface area (Å²) in [6, 6.07) is 3.75. The Balaban J connectivity index is 2.42. The van der Waals surface area contributed by atoms with Crippen molar-refractivity contribution >= 4 is 11.6 Å². The lowest BCUT2D eigenvalue weighted by molar-refractivity contribution is 0.0511. The van der Waals surface area contributed by atoms with Gasteiger partial charge in [0.15, 0.2) is 11.6 Å². The van der Waals surface area contributed by atoms with Crippen molar-refractivity contribution in [2.75, 3.05) is 0 Å². The van der Waals surface area contributed by atoms with E-state index in [4.69, 9.17) is 11.6 Å². The van der Waals surface area contributed by atoms with Gasteiger partial charge < -0.3 is 5.11 Å². The van der Waals surface area contributed by atoms with Gasteiger partial charge in [-0.05, 0) is 19.4 Å². The first-order valence-electron chi connectivity index (χ1n) is 6.65. The van der Waals surface area contributed by atoms with E-state index in [9.17, 15) is 13.9 Å². The molecule has 21 heavy (non-hydrogen) atoms. The van der Waals surface area contributed by atoms with Crippen molar-refractivity contribution in [3.63, 3.8) is 0 Å². The predicted octanol–water partition coefficient (Wildman–Crippen LogP) is 3.36. The second kappa shape index (κ2) is 5.73. The molecule has 0 aliphatic rings. The third-order valence-corrected chi connectivity index (χ3v) is 3.98. The predicted molar refractivity (Wildman–Crippen MR) is 77.2 cm³/mol. The van der Waals surface area contributed by atoms with Crippen molar-refractivity contribution in [2.24, 2.45) is 7.05 Å². The lowest BCUT2D eigenvalue weighted by Gasteiger charge is -2.24. The number of rotatable bonds is 4. The first kappa shape index (κ1) is 15.9. The van der Waals surface area contributed by atoms with Crippen molar-refractivity contribution in [1.29, 1.82) is 0 Å². The highest BCUT2D eigenvalue weighted by Gasteiger charge is 2.31. The minimum atomic E-state index is -1.59. The molecule has 1 unspecified atom stereocenters. The van der Waals surface area contributed by atoms with Gasteiger partial charge in [0.05, 0.1) is 22.0 Å². The normalized spacial score (nSPS) is 14.2. The summed E-state index contributed by atoms with van der Waals surface area (Å²) in [5.41, 5.74) is -0.390. The van der Waals surface area contributed by atoms with Crippen LogP contribution in [0, 0.1) is 11.6 Å². The lowest BCUT2D eigenvalue weighted by Crippen LogP contribution is -2.27. The number of halogens is 3. The number of aryl methyl sites for hydroxylation is 2. The van der Waals surface area contributed by atoms with Gasteiger partial charge >= 0.3 is 0 Å². The molecule has 0 saturated heterocycles. The number of nitrogens with zero attached hydrogens (tertiary/aromatic N) is 2. The molecule has 1 atom stereocenters. The number of aromatic nitrogens is 2. The fourth-order valence-electron chi connectivity index (χ4n) is 2.35. The van der Waals surface area contributed by atoms with Crippen LogP contribution in [0.15, 0.2) is 18.2 Å². The molecule has 1 aromatic carbocycles. The Kier molecular flexibility index (Phi) is 4.35. The Morgan fingerprint density at radius 2 is 2.05 bits per heavy atom. The van der Waals surface area contributed by atoms with Crippen molar-refractivity contribution in [3.05, 3.63) is 51.8 Å². The van der Waals surface area contributed by atoms with E-state index < -0.39 is 17.2 Å². The fraction of sp³-hybridized carbons (Fsp3) is 0.400. The van der Waals surface area contributed by atoms with Crippen molar-refractivity contribution in [3.8, 4) is 0 Å². The minimum absolute atomic E-state index is 0.0374. The molecule has 1 N–H and O–H groups in total.